The number of benzene rings is 2. The van der Waals surface area contributed by atoms with Gasteiger partial charge in [-0.15, -0.1) is 0 Å². The van der Waals surface area contributed by atoms with Crippen LogP contribution in [-0.4, -0.2) is 43.0 Å². The monoisotopic (exact) mass is 426 g/mol. The first kappa shape index (κ1) is 24.3. The van der Waals surface area contributed by atoms with Crippen molar-refractivity contribution in [3.63, 3.8) is 0 Å². The summed E-state index contributed by atoms with van der Waals surface area (Å²) >= 11 is 0. The van der Waals surface area contributed by atoms with E-state index in [0.29, 0.717) is 18.0 Å². The van der Waals surface area contributed by atoms with Crippen LogP contribution in [0.15, 0.2) is 48.5 Å². The summed E-state index contributed by atoms with van der Waals surface area (Å²) in [6.45, 7) is 8.61. The van der Waals surface area contributed by atoms with E-state index < -0.39 is 6.04 Å². The molecule has 0 heterocycles. The number of amides is 2. The highest BCUT2D eigenvalue weighted by Gasteiger charge is 2.26. The van der Waals surface area contributed by atoms with Crippen LogP contribution in [0, 0.1) is 0 Å². The minimum atomic E-state index is -0.630. The van der Waals surface area contributed by atoms with Crippen molar-refractivity contribution < 1.29 is 19.1 Å². The first-order valence-electron chi connectivity index (χ1n) is 10.8. The molecule has 0 saturated heterocycles. The van der Waals surface area contributed by atoms with Crippen LogP contribution in [0.4, 0.5) is 0 Å². The molecule has 1 unspecified atom stereocenters. The molecule has 2 aromatic carbocycles. The van der Waals surface area contributed by atoms with E-state index in [9.17, 15) is 9.59 Å². The van der Waals surface area contributed by atoms with E-state index in [1.54, 1.807) is 18.9 Å². The second kappa shape index (κ2) is 12.0. The molecule has 0 aliphatic carbocycles. The van der Waals surface area contributed by atoms with Gasteiger partial charge in [0.1, 0.15) is 17.5 Å². The SMILES string of the molecule is CCCNC(=O)C(C)N(Cc1cccc(OC)c1)C(=O)COc1ccccc1C(C)C. The van der Waals surface area contributed by atoms with Crippen molar-refractivity contribution in [3.05, 3.63) is 59.7 Å². The van der Waals surface area contributed by atoms with Crippen molar-refractivity contribution in [1.29, 1.82) is 0 Å². The van der Waals surface area contributed by atoms with Gasteiger partial charge in [0.15, 0.2) is 6.61 Å². The van der Waals surface area contributed by atoms with Gasteiger partial charge in [0.2, 0.25) is 5.91 Å². The number of carbonyl (C=O) groups is 2. The highest BCUT2D eigenvalue weighted by Crippen LogP contribution is 2.26. The molecule has 168 valence electrons. The van der Waals surface area contributed by atoms with Gasteiger partial charge in [-0.05, 0) is 48.6 Å². The normalized spacial score (nSPS) is 11.7. The van der Waals surface area contributed by atoms with E-state index in [0.717, 1.165) is 17.5 Å². The Labute approximate surface area is 185 Å². The van der Waals surface area contributed by atoms with Crippen molar-refractivity contribution in [2.45, 2.75) is 52.6 Å². The fourth-order valence-electron chi connectivity index (χ4n) is 3.26. The number of hydrogen-bond acceptors (Lipinski definition) is 4. The predicted octanol–water partition coefficient (Wildman–Crippen LogP) is 4.14. The van der Waals surface area contributed by atoms with Crippen LogP contribution in [0.5, 0.6) is 11.5 Å². The number of hydrogen-bond donors (Lipinski definition) is 1. The van der Waals surface area contributed by atoms with Crippen LogP contribution < -0.4 is 14.8 Å². The minimum absolute atomic E-state index is 0.140. The summed E-state index contributed by atoms with van der Waals surface area (Å²) in [5.74, 6) is 1.24. The molecule has 0 fully saturated rings. The lowest BCUT2D eigenvalue weighted by Gasteiger charge is -2.29. The van der Waals surface area contributed by atoms with Crippen LogP contribution in [0.2, 0.25) is 0 Å². The minimum Gasteiger partial charge on any atom is -0.497 e. The molecule has 2 rings (SSSR count). The third-order valence-electron chi connectivity index (χ3n) is 5.10. The summed E-state index contributed by atoms with van der Waals surface area (Å²) < 4.78 is 11.2. The molecule has 1 atom stereocenters. The maximum absolute atomic E-state index is 13.2. The van der Waals surface area contributed by atoms with Gasteiger partial charge in [0.25, 0.3) is 5.91 Å². The van der Waals surface area contributed by atoms with Gasteiger partial charge in [-0.1, -0.05) is 51.1 Å². The second-order valence-electron chi connectivity index (χ2n) is 7.82. The fraction of sp³-hybridized carbons (Fsp3) is 0.440. The van der Waals surface area contributed by atoms with Crippen LogP contribution in [-0.2, 0) is 16.1 Å². The molecule has 2 amide bonds. The van der Waals surface area contributed by atoms with Gasteiger partial charge in [-0.25, -0.2) is 0 Å². The molecule has 2 aromatic rings. The van der Waals surface area contributed by atoms with Gasteiger partial charge < -0.3 is 19.7 Å². The third kappa shape index (κ3) is 7.02. The van der Waals surface area contributed by atoms with Crippen molar-refractivity contribution in [2.75, 3.05) is 20.3 Å². The summed E-state index contributed by atoms with van der Waals surface area (Å²) in [7, 11) is 1.60. The summed E-state index contributed by atoms with van der Waals surface area (Å²) in [5, 5.41) is 2.88. The Bertz CT molecular complexity index is 866. The number of nitrogens with one attached hydrogen (secondary N) is 1. The van der Waals surface area contributed by atoms with E-state index in [1.165, 1.54) is 0 Å². The van der Waals surface area contributed by atoms with Crippen LogP contribution in [0.3, 0.4) is 0 Å². The Kier molecular flexibility index (Phi) is 9.38. The number of para-hydroxylation sites is 1. The van der Waals surface area contributed by atoms with E-state index in [-0.39, 0.29) is 30.9 Å². The van der Waals surface area contributed by atoms with Crippen molar-refractivity contribution >= 4 is 11.8 Å². The van der Waals surface area contributed by atoms with Gasteiger partial charge in [0.05, 0.1) is 7.11 Å². The average molecular weight is 427 g/mol. The Hall–Kier alpha value is -3.02. The smallest absolute Gasteiger partial charge is 0.261 e. The molecule has 0 aromatic heterocycles. The number of carbonyl (C=O) groups excluding carboxylic acids is 2. The first-order chi connectivity index (χ1) is 14.9. The largest absolute Gasteiger partial charge is 0.497 e. The molecule has 0 spiro atoms. The highest BCUT2D eigenvalue weighted by molar-refractivity contribution is 5.88. The average Bonchev–Trinajstić information content (AvgIpc) is 2.79. The fourth-order valence-corrected chi connectivity index (χ4v) is 3.26. The van der Waals surface area contributed by atoms with E-state index in [4.69, 9.17) is 9.47 Å². The quantitative estimate of drug-likeness (QED) is 0.586. The molecular formula is C25H34N2O4. The predicted molar refractivity (Wildman–Crippen MR) is 122 cm³/mol. The molecule has 0 aliphatic heterocycles. The van der Waals surface area contributed by atoms with Gasteiger partial charge in [-0.2, -0.15) is 0 Å². The molecule has 31 heavy (non-hydrogen) atoms. The standard InChI is InChI=1S/C25H34N2O4/c1-6-14-26-25(29)19(4)27(16-20-10-9-11-21(15-20)30-5)24(28)17-31-23-13-8-7-12-22(23)18(2)3/h7-13,15,18-19H,6,14,16-17H2,1-5H3,(H,26,29). The Morgan fingerprint density at radius 1 is 1.06 bits per heavy atom. The highest BCUT2D eigenvalue weighted by atomic mass is 16.5. The van der Waals surface area contributed by atoms with Crippen LogP contribution >= 0.6 is 0 Å². The van der Waals surface area contributed by atoms with Crippen molar-refractivity contribution in [1.82, 2.24) is 10.2 Å². The summed E-state index contributed by atoms with van der Waals surface area (Å²) in [6.07, 6.45) is 0.831. The van der Waals surface area contributed by atoms with Crippen molar-refractivity contribution in [2.24, 2.45) is 0 Å². The van der Waals surface area contributed by atoms with Gasteiger partial charge in [0, 0.05) is 13.1 Å². The number of rotatable bonds is 11. The van der Waals surface area contributed by atoms with Gasteiger partial charge in [-0.3, -0.25) is 9.59 Å². The molecule has 0 saturated carbocycles. The summed E-state index contributed by atoms with van der Waals surface area (Å²) in [6, 6.07) is 14.6. The van der Waals surface area contributed by atoms with E-state index in [1.807, 2.05) is 55.5 Å². The zero-order valence-electron chi connectivity index (χ0n) is 19.2. The zero-order chi connectivity index (χ0) is 22.8. The summed E-state index contributed by atoms with van der Waals surface area (Å²) in [4.78, 5) is 27.3. The van der Waals surface area contributed by atoms with E-state index >= 15 is 0 Å². The number of methoxy groups -OCH3 is 1. The van der Waals surface area contributed by atoms with Crippen LogP contribution in [0.1, 0.15) is 51.2 Å². The lowest BCUT2D eigenvalue weighted by atomic mass is 10.0. The van der Waals surface area contributed by atoms with E-state index in [2.05, 4.69) is 19.2 Å². The topological polar surface area (TPSA) is 67.9 Å². The molecule has 0 aliphatic rings. The Balaban J connectivity index is 2.20. The lowest BCUT2D eigenvalue weighted by Crippen LogP contribution is -2.49. The molecule has 1 N–H and O–H groups in total. The van der Waals surface area contributed by atoms with Crippen molar-refractivity contribution in [3.8, 4) is 11.5 Å². The number of nitrogens with zero attached hydrogens (tertiary/aromatic N) is 1. The Morgan fingerprint density at radius 3 is 2.48 bits per heavy atom. The molecular weight excluding hydrogens is 392 g/mol. The van der Waals surface area contributed by atoms with Gasteiger partial charge >= 0.3 is 0 Å². The summed E-state index contributed by atoms with van der Waals surface area (Å²) in [5.41, 5.74) is 1.92. The maximum Gasteiger partial charge on any atom is 0.261 e. The molecule has 0 radical (unpaired) electrons. The zero-order valence-corrected chi connectivity index (χ0v) is 19.2. The van der Waals surface area contributed by atoms with Crippen LogP contribution in [0.25, 0.3) is 0 Å². The lowest BCUT2D eigenvalue weighted by molar-refractivity contribution is -0.142. The number of ether oxygens (including phenoxy) is 2. The maximum atomic E-state index is 13.2. The Morgan fingerprint density at radius 2 is 1.81 bits per heavy atom. The molecule has 0 bridgehead atoms. The molecule has 6 nitrogen and oxygen atoms in total. The molecule has 6 heteroatoms. The first-order valence-corrected chi connectivity index (χ1v) is 10.8. The second-order valence-corrected chi connectivity index (χ2v) is 7.82. The third-order valence-corrected chi connectivity index (χ3v) is 5.10.